The molecule has 64 valence electrons. The average molecular weight is 160 g/mol. The number of hydrogen-bond acceptors (Lipinski definition) is 4. The van der Waals surface area contributed by atoms with Crippen molar-refractivity contribution in [3.8, 4) is 0 Å². The average Bonchev–Trinajstić information content (AvgIpc) is 1.90. The van der Waals surface area contributed by atoms with Crippen molar-refractivity contribution < 1.29 is 14.6 Å². The normalized spacial score (nSPS) is 7.18. The van der Waals surface area contributed by atoms with Crippen LogP contribution in [0.4, 0.5) is 0 Å². The fraction of sp³-hybridized carbons (Fsp3) is 0.500. The third-order valence-corrected chi connectivity index (χ3v) is 0.449. The molecule has 11 heavy (non-hydrogen) atoms. The first kappa shape index (κ1) is 12.3. The summed E-state index contributed by atoms with van der Waals surface area (Å²) in [4.78, 5) is 9.79. The minimum atomic E-state index is -1.47. The van der Waals surface area contributed by atoms with Crippen LogP contribution in [0.5, 0.6) is 0 Å². The van der Waals surface area contributed by atoms with Crippen molar-refractivity contribution >= 4 is 17.8 Å². The van der Waals surface area contributed by atoms with Crippen LogP contribution >= 0.6 is 0 Å². The molecule has 0 radical (unpaired) electrons. The van der Waals surface area contributed by atoms with Crippen LogP contribution in [0.25, 0.3) is 0 Å². The highest BCUT2D eigenvalue weighted by atomic mass is 16.5. The molecule has 0 amide bonds. The Labute approximate surface area is 65.0 Å². The second kappa shape index (κ2) is 6.73. The topological polar surface area (TPSA) is 94.2 Å². The lowest BCUT2D eigenvalue weighted by Crippen LogP contribution is -2.17. The number of carboxylic acid groups (broad SMARTS) is 1. The van der Waals surface area contributed by atoms with E-state index in [2.05, 4.69) is 4.74 Å². The van der Waals surface area contributed by atoms with Crippen molar-refractivity contribution in [2.24, 2.45) is 0 Å². The van der Waals surface area contributed by atoms with Crippen molar-refractivity contribution in [1.82, 2.24) is 0 Å². The van der Waals surface area contributed by atoms with E-state index in [-0.39, 0.29) is 5.90 Å². The Balaban J connectivity index is 0. The van der Waals surface area contributed by atoms with E-state index in [4.69, 9.17) is 15.9 Å². The van der Waals surface area contributed by atoms with Gasteiger partial charge in [-0.3, -0.25) is 10.8 Å². The molecule has 5 nitrogen and oxygen atoms in total. The van der Waals surface area contributed by atoms with Gasteiger partial charge in [0.2, 0.25) is 0 Å². The molecule has 0 aliphatic heterocycles. The summed E-state index contributed by atoms with van der Waals surface area (Å²) >= 11 is 0. The van der Waals surface area contributed by atoms with E-state index in [9.17, 15) is 4.79 Å². The highest BCUT2D eigenvalue weighted by molar-refractivity contribution is 6.32. The Morgan fingerprint density at radius 1 is 1.36 bits per heavy atom. The Hall–Kier alpha value is -1.39. The van der Waals surface area contributed by atoms with Gasteiger partial charge in [0.25, 0.3) is 0 Å². The molecule has 0 aliphatic rings. The lowest BCUT2D eigenvalue weighted by Gasteiger charge is -1.96. The summed E-state index contributed by atoms with van der Waals surface area (Å²) in [5.41, 5.74) is 0. The van der Waals surface area contributed by atoms with Gasteiger partial charge in [-0.05, 0) is 0 Å². The van der Waals surface area contributed by atoms with Gasteiger partial charge in [-0.2, -0.15) is 0 Å². The zero-order valence-electron chi connectivity index (χ0n) is 6.76. The number of carbonyl (C=O) groups is 1. The summed E-state index contributed by atoms with van der Waals surface area (Å²) in [6, 6.07) is 0. The van der Waals surface area contributed by atoms with Gasteiger partial charge in [0, 0.05) is 6.92 Å². The fourth-order valence-corrected chi connectivity index (χ4v) is 0.197. The van der Waals surface area contributed by atoms with Gasteiger partial charge in [-0.25, -0.2) is 4.79 Å². The Morgan fingerprint density at radius 3 is 1.82 bits per heavy atom. The second-order valence-corrected chi connectivity index (χ2v) is 1.29. The SMILES string of the molecule is CC.CC(=N)OC(=N)C(=O)O. The first-order chi connectivity index (χ1) is 5.04. The van der Waals surface area contributed by atoms with E-state index >= 15 is 0 Å². The Bertz CT molecular complexity index is 165. The van der Waals surface area contributed by atoms with Gasteiger partial charge < -0.3 is 9.84 Å². The molecule has 0 aromatic heterocycles. The summed E-state index contributed by atoms with van der Waals surface area (Å²) in [5, 5.41) is 21.1. The maximum absolute atomic E-state index is 9.79. The maximum atomic E-state index is 9.79. The highest BCUT2D eigenvalue weighted by Gasteiger charge is 2.07. The summed E-state index contributed by atoms with van der Waals surface area (Å²) in [6.07, 6.45) is 0. The molecule has 0 atom stereocenters. The molecule has 0 aliphatic carbocycles. The Kier molecular flexibility index (Phi) is 7.52. The number of carboxylic acids is 1. The third kappa shape index (κ3) is 8.61. The lowest BCUT2D eigenvalue weighted by atomic mass is 10.6. The number of hydrogen-bond donors (Lipinski definition) is 3. The van der Waals surface area contributed by atoms with Gasteiger partial charge in [0.1, 0.15) is 0 Å². The molecule has 0 saturated carbocycles. The van der Waals surface area contributed by atoms with E-state index < -0.39 is 11.9 Å². The van der Waals surface area contributed by atoms with Gasteiger partial charge in [0.05, 0.1) is 0 Å². The minimum absolute atomic E-state index is 0.303. The predicted molar refractivity (Wildman–Crippen MR) is 41.2 cm³/mol. The fourth-order valence-electron chi connectivity index (χ4n) is 0.197. The van der Waals surface area contributed by atoms with E-state index in [1.807, 2.05) is 13.8 Å². The number of nitrogens with one attached hydrogen (secondary N) is 2. The molecule has 0 rings (SSSR count). The van der Waals surface area contributed by atoms with E-state index in [1.54, 1.807) is 0 Å². The molecule has 0 unspecified atom stereocenters. The molecule has 0 bridgehead atoms. The van der Waals surface area contributed by atoms with Crippen molar-refractivity contribution in [3.05, 3.63) is 0 Å². The van der Waals surface area contributed by atoms with Crippen LogP contribution in [-0.2, 0) is 9.53 Å². The van der Waals surface area contributed by atoms with Crippen molar-refractivity contribution in [3.63, 3.8) is 0 Å². The highest BCUT2D eigenvalue weighted by Crippen LogP contribution is 1.79. The van der Waals surface area contributed by atoms with Crippen molar-refractivity contribution in [2.75, 3.05) is 0 Å². The molecule has 0 saturated heterocycles. The quantitative estimate of drug-likeness (QED) is 0.365. The van der Waals surface area contributed by atoms with Gasteiger partial charge in [0.15, 0.2) is 5.90 Å². The summed E-state index contributed by atoms with van der Waals surface area (Å²) in [7, 11) is 0. The molecular formula is C6H12N2O3. The van der Waals surface area contributed by atoms with E-state index in [0.29, 0.717) is 0 Å². The van der Waals surface area contributed by atoms with Crippen LogP contribution in [-0.4, -0.2) is 22.9 Å². The molecule has 0 aromatic rings. The molecular weight excluding hydrogens is 148 g/mol. The summed E-state index contributed by atoms with van der Waals surface area (Å²) < 4.78 is 4.08. The minimum Gasteiger partial charge on any atom is -0.474 e. The van der Waals surface area contributed by atoms with E-state index in [1.165, 1.54) is 6.92 Å². The Morgan fingerprint density at radius 2 is 1.73 bits per heavy atom. The summed E-state index contributed by atoms with van der Waals surface area (Å²) in [5.74, 6) is -2.70. The van der Waals surface area contributed by atoms with Crippen molar-refractivity contribution in [2.45, 2.75) is 20.8 Å². The predicted octanol–water partition coefficient (Wildman–Crippen LogP) is 1.09. The summed E-state index contributed by atoms with van der Waals surface area (Å²) in [6.45, 7) is 5.25. The van der Waals surface area contributed by atoms with Gasteiger partial charge in [-0.15, -0.1) is 0 Å². The van der Waals surface area contributed by atoms with Crippen LogP contribution in [0.15, 0.2) is 0 Å². The molecule has 0 heterocycles. The monoisotopic (exact) mass is 160 g/mol. The van der Waals surface area contributed by atoms with Crippen LogP contribution < -0.4 is 0 Å². The van der Waals surface area contributed by atoms with Gasteiger partial charge >= 0.3 is 11.9 Å². The molecule has 0 fully saturated rings. The first-order valence-electron chi connectivity index (χ1n) is 3.09. The smallest absolute Gasteiger partial charge is 0.391 e. The molecule has 3 N–H and O–H groups in total. The third-order valence-electron chi connectivity index (χ3n) is 0.449. The molecule has 0 aromatic carbocycles. The van der Waals surface area contributed by atoms with Crippen molar-refractivity contribution in [1.29, 1.82) is 10.8 Å². The standard InChI is InChI=1S/C4H6N2O3.C2H6/c1-2(5)9-3(6)4(7)8;1-2/h5-6H,1H3,(H,7,8);1-2H3. The zero-order chi connectivity index (χ0) is 9.44. The van der Waals surface area contributed by atoms with Gasteiger partial charge in [-0.1, -0.05) is 13.8 Å². The molecule has 5 heteroatoms. The maximum Gasteiger partial charge on any atom is 0.391 e. The zero-order valence-corrected chi connectivity index (χ0v) is 6.76. The number of aliphatic carboxylic acids is 1. The number of ether oxygens (including phenoxy) is 1. The van der Waals surface area contributed by atoms with Crippen LogP contribution in [0.1, 0.15) is 20.8 Å². The largest absolute Gasteiger partial charge is 0.474 e. The lowest BCUT2D eigenvalue weighted by molar-refractivity contribution is -0.130. The van der Waals surface area contributed by atoms with Crippen LogP contribution in [0.3, 0.4) is 0 Å². The van der Waals surface area contributed by atoms with E-state index in [0.717, 1.165) is 0 Å². The molecule has 0 spiro atoms. The van der Waals surface area contributed by atoms with Crippen LogP contribution in [0, 0.1) is 10.8 Å². The van der Waals surface area contributed by atoms with Crippen LogP contribution in [0.2, 0.25) is 0 Å². The number of rotatable bonds is 0. The second-order valence-electron chi connectivity index (χ2n) is 1.29. The first-order valence-corrected chi connectivity index (χ1v) is 3.09.